The molecule has 2 aromatic rings. The lowest BCUT2D eigenvalue weighted by Crippen LogP contribution is -2.42. The van der Waals surface area contributed by atoms with Crippen LogP contribution in [0.4, 0.5) is 0 Å². The lowest BCUT2D eigenvalue weighted by Gasteiger charge is -2.23. The van der Waals surface area contributed by atoms with E-state index in [1.165, 1.54) is 0 Å². The Hall–Kier alpha value is -1.37. The van der Waals surface area contributed by atoms with Crippen molar-refractivity contribution < 1.29 is 4.79 Å². The van der Waals surface area contributed by atoms with Gasteiger partial charge in [0.25, 0.3) is 5.91 Å². The molecule has 1 aliphatic rings. The Labute approximate surface area is 148 Å². The molecule has 0 aliphatic carbocycles. The number of halogens is 1. The number of nitrogens with one attached hydrogen (secondary N) is 2. The van der Waals surface area contributed by atoms with E-state index < -0.39 is 0 Å². The number of benzene rings is 1. The van der Waals surface area contributed by atoms with Gasteiger partial charge in [0.05, 0.1) is 0 Å². The van der Waals surface area contributed by atoms with Crippen LogP contribution >= 0.6 is 27.7 Å². The molecule has 0 unspecified atom stereocenters. The zero-order valence-electron chi connectivity index (χ0n) is 12.6. The molecule has 0 atom stereocenters. The Morgan fingerprint density at radius 2 is 2.00 bits per heavy atom. The molecule has 1 fully saturated rings. The SMILES string of the molecule is O=C(NC1CCNCC1)c1cccc(Sc2cccc(Br)c2)n1. The third kappa shape index (κ3) is 4.80. The van der Waals surface area contributed by atoms with Gasteiger partial charge in [-0.1, -0.05) is 39.8 Å². The Morgan fingerprint density at radius 3 is 2.78 bits per heavy atom. The molecular formula is C17H18BrN3OS. The minimum absolute atomic E-state index is 0.0893. The summed E-state index contributed by atoms with van der Waals surface area (Å²) in [6.07, 6.45) is 1.94. The molecule has 0 spiro atoms. The van der Waals surface area contributed by atoms with Crippen molar-refractivity contribution >= 4 is 33.6 Å². The van der Waals surface area contributed by atoms with Gasteiger partial charge in [-0.2, -0.15) is 0 Å². The zero-order chi connectivity index (χ0) is 16.1. The second-order valence-corrected chi connectivity index (χ2v) is 7.43. The smallest absolute Gasteiger partial charge is 0.270 e. The summed E-state index contributed by atoms with van der Waals surface area (Å²) in [5.41, 5.74) is 0.475. The van der Waals surface area contributed by atoms with E-state index in [-0.39, 0.29) is 11.9 Å². The van der Waals surface area contributed by atoms with Gasteiger partial charge in [-0.25, -0.2) is 4.98 Å². The van der Waals surface area contributed by atoms with Crippen LogP contribution in [0.1, 0.15) is 23.3 Å². The molecule has 1 saturated heterocycles. The minimum Gasteiger partial charge on any atom is -0.348 e. The highest BCUT2D eigenvalue weighted by Gasteiger charge is 2.17. The first-order valence-corrected chi connectivity index (χ1v) is 9.24. The molecule has 23 heavy (non-hydrogen) atoms. The Morgan fingerprint density at radius 1 is 1.22 bits per heavy atom. The van der Waals surface area contributed by atoms with Gasteiger partial charge < -0.3 is 10.6 Å². The molecule has 0 radical (unpaired) electrons. The van der Waals surface area contributed by atoms with Crippen LogP contribution in [-0.4, -0.2) is 30.0 Å². The fourth-order valence-corrected chi connectivity index (χ4v) is 3.89. The maximum Gasteiger partial charge on any atom is 0.270 e. The number of pyridine rings is 1. The van der Waals surface area contributed by atoms with E-state index in [1.54, 1.807) is 17.8 Å². The highest BCUT2D eigenvalue weighted by molar-refractivity contribution is 9.10. The maximum absolute atomic E-state index is 12.4. The topological polar surface area (TPSA) is 54.0 Å². The Kier molecular flexibility index (Phi) is 5.70. The van der Waals surface area contributed by atoms with E-state index in [0.29, 0.717) is 5.69 Å². The third-order valence-corrected chi connectivity index (χ3v) is 5.07. The number of nitrogens with zero attached hydrogens (tertiary/aromatic N) is 1. The standard InChI is InChI=1S/C17H18BrN3OS/c18-12-3-1-4-14(11-12)23-16-6-2-5-15(21-16)17(22)20-13-7-9-19-10-8-13/h1-6,11,13,19H,7-10H2,(H,20,22). The quantitative estimate of drug-likeness (QED) is 0.837. The molecule has 0 bridgehead atoms. The molecule has 2 heterocycles. The summed E-state index contributed by atoms with van der Waals surface area (Å²) in [6, 6.07) is 13.8. The second kappa shape index (κ2) is 7.95. The summed E-state index contributed by atoms with van der Waals surface area (Å²) in [4.78, 5) is 17.9. The summed E-state index contributed by atoms with van der Waals surface area (Å²) >= 11 is 5.01. The van der Waals surface area contributed by atoms with Crippen LogP contribution in [0, 0.1) is 0 Å². The van der Waals surface area contributed by atoms with Crippen molar-refractivity contribution in [1.82, 2.24) is 15.6 Å². The van der Waals surface area contributed by atoms with Crippen LogP contribution < -0.4 is 10.6 Å². The van der Waals surface area contributed by atoms with E-state index in [0.717, 1.165) is 40.3 Å². The van der Waals surface area contributed by atoms with Crippen molar-refractivity contribution in [3.63, 3.8) is 0 Å². The van der Waals surface area contributed by atoms with E-state index >= 15 is 0 Å². The normalized spacial score (nSPS) is 15.3. The molecule has 3 rings (SSSR count). The van der Waals surface area contributed by atoms with Crippen molar-refractivity contribution in [2.24, 2.45) is 0 Å². The molecule has 1 amide bonds. The monoisotopic (exact) mass is 391 g/mol. The fourth-order valence-electron chi connectivity index (χ4n) is 2.47. The first kappa shape index (κ1) is 16.5. The molecule has 0 saturated carbocycles. The van der Waals surface area contributed by atoms with E-state index in [4.69, 9.17) is 0 Å². The molecule has 1 aromatic heterocycles. The van der Waals surface area contributed by atoms with Gasteiger partial charge in [0.15, 0.2) is 0 Å². The number of aromatic nitrogens is 1. The summed E-state index contributed by atoms with van der Waals surface area (Å²) in [5, 5.41) is 7.19. The first-order chi connectivity index (χ1) is 11.2. The van der Waals surface area contributed by atoms with Crippen LogP contribution in [0.15, 0.2) is 56.9 Å². The highest BCUT2D eigenvalue weighted by atomic mass is 79.9. The van der Waals surface area contributed by atoms with Gasteiger partial charge >= 0.3 is 0 Å². The van der Waals surface area contributed by atoms with Crippen LogP contribution in [0.2, 0.25) is 0 Å². The van der Waals surface area contributed by atoms with E-state index in [2.05, 4.69) is 31.5 Å². The maximum atomic E-state index is 12.4. The predicted octanol–water partition coefficient (Wildman–Crippen LogP) is 3.48. The van der Waals surface area contributed by atoms with Crippen molar-refractivity contribution in [2.75, 3.05) is 13.1 Å². The lowest BCUT2D eigenvalue weighted by atomic mass is 10.1. The van der Waals surface area contributed by atoms with E-state index in [9.17, 15) is 4.79 Å². The average Bonchev–Trinajstić information content (AvgIpc) is 2.56. The van der Waals surface area contributed by atoms with Crippen LogP contribution in [0.25, 0.3) is 0 Å². The van der Waals surface area contributed by atoms with Gasteiger partial charge in [-0.05, 0) is 56.3 Å². The highest BCUT2D eigenvalue weighted by Crippen LogP contribution is 2.28. The average molecular weight is 392 g/mol. The number of amides is 1. The molecule has 6 heteroatoms. The summed E-state index contributed by atoms with van der Waals surface area (Å²) in [7, 11) is 0. The summed E-state index contributed by atoms with van der Waals surface area (Å²) in [6.45, 7) is 1.91. The predicted molar refractivity (Wildman–Crippen MR) is 95.9 cm³/mol. The van der Waals surface area contributed by atoms with Gasteiger partial charge in [-0.3, -0.25) is 4.79 Å². The summed E-state index contributed by atoms with van der Waals surface area (Å²) in [5.74, 6) is -0.0893. The van der Waals surface area contributed by atoms with Gasteiger partial charge in [0.1, 0.15) is 10.7 Å². The van der Waals surface area contributed by atoms with Crippen molar-refractivity contribution in [1.29, 1.82) is 0 Å². The Balaban J connectivity index is 1.67. The summed E-state index contributed by atoms with van der Waals surface area (Å²) < 4.78 is 1.03. The van der Waals surface area contributed by atoms with Crippen molar-refractivity contribution in [3.05, 3.63) is 52.6 Å². The molecule has 1 aliphatic heterocycles. The molecule has 4 nitrogen and oxygen atoms in total. The number of rotatable bonds is 4. The number of carbonyl (C=O) groups is 1. The third-order valence-electron chi connectivity index (χ3n) is 3.65. The van der Waals surface area contributed by atoms with Gasteiger partial charge in [-0.15, -0.1) is 0 Å². The molecule has 2 N–H and O–H groups in total. The number of hydrogen-bond donors (Lipinski definition) is 2. The fraction of sp³-hybridized carbons (Fsp3) is 0.294. The second-order valence-electron chi connectivity index (χ2n) is 5.42. The van der Waals surface area contributed by atoms with Crippen LogP contribution in [-0.2, 0) is 0 Å². The first-order valence-electron chi connectivity index (χ1n) is 7.63. The Bertz CT molecular complexity index is 689. The van der Waals surface area contributed by atoms with Gasteiger partial charge in [0.2, 0.25) is 0 Å². The molecule has 1 aromatic carbocycles. The number of carbonyl (C=O) groups excluding carboxylic acids is 1. The van der Waals surface area contributed by atoms with Gasteiger partial charge in [0, 0.05) is 15.4 Å². The number of piperidine rings is 1. The van der Waals surface area contributed by atoms with E-state index in [1.807, 2.05) is 36.4 Å². The molecular weight excluding hydrogens is 374 g/mol. The van der Waals surface area contributed by atoms with Crippen LogP contribution in [0.5, 0.6) is 0 Å². The molecule has 120 valence electrons. The largest absolute Gasteiger partial charge is 0.348 e. The lowest BCUT2D eigenvalue weighted by molar-refractivity contribution is 0.0924. The zero-order valence-corrected chi connectivity index (χ0v) is 15.0. The van der Waals surface area contributed by atoms with Crippen molar-refractivity contribution in [2.45, 2.75) is 28.8 Å². The van der Waals surface area contributed by atoms with Crippen LogP contribution in [0.3, 0.4) is 0 Å². The minimum atomic E-state index is -0.0893. The number of hydrogen-bond acceptors (Lipinski definition) is 4. The van der Waals surface area contributed by atoms with Crippen molar-refractivity contribution in [3.8, 4) is 0 Å².